The van der Waals surface area contributed by atoms with Gasteiger partial charge in [-0.1, -0.05) is 31.2 Å². The monoisotopic (exact) mass is 541 g/mol. The maximum atomic E-state index is 14.7. The van der Waals surface area contributed by atoms with Crippen molar-refractivity contribution in [1.82, 2.24) is 14.8 Å². The number of thioether (sulfide) groups is 1. The Hall–Kier alpha value is -2.80. The van der Waals surface area contributed by atoms with E-state index in [9.17, 15) is 27.1 Å². The van der Waals surface area contributed by atoms with Crippen LogP contribution in [0.4, 0.5) is 22.0 Å². The van der Waals surface area contributed by atoms with Crippen molar-refractivity contribution in [2.75, 3.05) is 13.2 Å². The molecule has 1 N–H and O–H groups in total. The zero-order valence-electron chi connectivity index (χ0n) is 19.6. The summed E-state index contributed by atoms with van der Waals surface area (Å²) in [4.78, 5) is 3.86. The Balaban J connectivity index is 1.38. The summed E-state index contributed by atoms with van der Waals surface area (Å²) in [5.41, 5.74) is -1.99. The van der Waals surface area contributed by atoms with Gasteiger partial charge >= 0.3 is 6.18 Å². The molecule has 0 radical (unpaired) electrons. The molecule has 0 bridgehead atoms. The van der Waals surface area contributed by atoms with Crippen LogP contribution in [0.25, 0.3) is 6.08 Å². The number of hydrogen-bond acceptors (Lipinski definition) is 6. The fourth-order valence-corrected chi connectivity index (χ4v) is 5.22. The van der Waals surface area contributed by atoms with Crippen molar-refractivity contribution in [3.63, 3.8) is 0 Å². The molecular weight excluding hydrogens is 517 g/mol. The summed E-state index contributed by atoms with van der Waals surface area (Å²) in [6.45, 7) is 2.11. The Bertz CT molecular complexity index is 1200. The lowest BCUT2D eigenvalue weighted by atomic mass is 9.90. The molecule has 198 valence electrons. The normalized spacial score (nSPS) is 21.2. The summed E-state index contributed by atoms with van der Waals surface area (Å²) in [5, 5.41) is 14.8. The first-order valence-electron chi connectivity index (χ1n) is 11.3. The quantitative estimate of drug-likeness (QED) is 0.403. The fraction of sp³-hybridized carbons (Fsp3) is 0.360. The lowest BCUT2D eigenvalue weighted by molar-refractivity contribution is -0.146. The van der Waals surface area contributed by atoms with Gasteiger partial charge in [0.05, 0.1) is 30.6 Å². The zero-order valence-corrected chi connectivity index (χ0v) is 20.4. The molecule has 0 amide bonds. The number of rotatable bonds is 8. The van der Waals surface area contributed by atoms with Crippen molar-refractivity contribution < 1.29 is 36.5 Å². The molecule has 12 heteroatoms. The average molecular weight is 542 g/mol. The molecule has 3 aromatic rings. The molecular formula is C25H24F5N3O3S. The first kappa shape index (κ1) is 27.2. The van der Waals surface area contributed by atoms with Crippen molar-refractivity contribution in [2.24, 2.45) is 0 Å². The summed E-state index contributed by atoms with van der Waals surface area (Å²) >= 11 is 1.32. The predicted molar refractivity (Wildman–Crippen MR) is 127 cm³/mol. The van der Waals surface area contributed by atoms with E-state index in [4.69, 9.17) is 9.47 Å². The topological polar surface area (TPSA) is 69.4 Å². The van der Waals surface area contributed by atoms with Crippen LogP contribution in [0.5, 0.6) is 0 Å². The van der Waals surface area contributed by atoms with E-state index < -0.39 is 40.5 Å². The summed E-state index contributed by atoms with van der Waals surface area (Å²) in [6, 6.07) is 7.73. The second kappa shape index (κ2) is 11.3. The van der Waals surface area contributed by atoms with Gasteiger partial charge in [0.25, 0.3) is 0 Å². The van der Waals surface area contributed by atoms with Crippen LogP contribution in [0.3, 0.4) is 0 Å². The van der Waals surface area contributed by atoms with Crippen molar-refractivity contribution in [1.29, 1.82) is 0 Å². The Morgan fingerprint density at radius 1 is 1.14 bits per heavy atom. The second-order valence-electron chi connectivity index (χ2n) is 8.56. The van der Waals surface area contributed by atoms with E-state index in [1.807, 2.05) is 0 Å². The van der Waals surface area contributed by atoms with Crippen LogP contribution in [0.2, 0.25) is 0 Å². The molecule has 0 spiro atoms. The predicted octanol–water partition coefficient (Wildman–Crippen LogP) is 5.04. The lowest BCUT2D eigenvalue weighted by Gasteiger charge is -2.37. The minimum atomic E-state index is -4.40. The van der Waals surface area contributed by atoms with Crippen molar-refractivity contribution in [3.05, 3.63) is 89.5 Å². The van der Waals surface area contributed by atoms with Crippen LogP contribution in [0.1, 0.15) is 23.6 Å². The molecule has 1 aliphatic rings. The molecule has 1 saturated heterocycles. The molecule has 0 unspecified atom stereocenters. The van der Waals surface area contributed by atoms with Crippen LogP contribution in [0, 0.1) is 11.6 Å². The molecule has 37 heavy (non-hydrogen) atoms. The minimum absolute atomic E-state index is 0.0700. The fourth-order valence-electron chi connectivity index (χ4n) is 3.90. The number of aliphatic hydroxyl groups is 1. The van der Waals surface area contributed by atoms with Crippen LogP contribution >= 0.6 is 11.8 Å². The number of aromatic nitrogens is 3. The Morgan fingerprint density at radius 2 is 1.84 bits per heavy atom. The molecule has 4 rings (SSSR count). The van der Waals surface area contributed by atoms with Gasteiger partial charge in [0, 0.05) is 16.9 Å². The van der Waals surface area contributed by atoms with Gasteiger partial charge < -0.3 is 14.6 Å². The Labute approximate surface area is 214 Å². The Kier molecular flexibility index (Phi) is 8.32. The first-order chi connectivity index (χ1) is 17.5. The number of benzene rings is 2. The van der Waals surface area contributed by atoms with Gasteiger partial charge in [-0.25, -0.2) is 18.4 Å². The molecule has 1 fully saturated rings. The minimum Gasteiger partial charge on any atom is -0.382 e. The third kappa shape index (κ3) is 6.75. The first-order valence-corrected chi connectivity index (χ1v) is 12.2. The standard InChI is InChI=1S/C25H24F5N3O3S/c1-16(24(34,13-33-15-31-14-32-33)21-8-7-19(26)10-22(21)27)37-20-11-35-23(36-12-20)9-4-17-2-5-18(6-3-17)25(28,29)30/h2-10,14-16,20,23,34H,11-13H2,1H3/b9-4+/t16-,20-,23-,24-/m1/s1. The third-order valence-electron chi connectivity index (χ3n) is 5.91. The average Bonchev–Trinajstić information content (AvgIpc) is 3.36. The summed E-state index contributed by atoms with van der Waals surface area (Å²) < 4.78 is 79.1. The zero-order chi connectivity index (χ0) is 26.6. The Morgan fingerprint density at radius 3 is 2.43 bits per heavy atom. The van der Waals surface area contributed by atoms with Crippen LogP contribution in [0.15, 0.2) is 61.2 Å². The SMILES string of the molecule is C[C@@H](S[C@H]1CO[C@H](/C=C/c2ccc(C(F)(F)F)cc2)OC1)[C@](O)(Cn1cncn1)c1ccc(F)cc1F. The molecule has 6 nitrogen and oxygen atoms in total. The molecule has 2 aromatic carbocycles. The highest BCUT2D eigenvalue weighted by Crippen LogP contribution is 2.38. The van der Waals surface area contributed by atoms with E-state index in [0.717, 1.165) is 24.3 Å². The highest BCUT2D eigenvalue weighted by Gasteiger charge is 2.41. The second-order valence-corrected chi connectivity index (χ2v) is 10.2. The number of ether oxygens (including phenoxy) is 2. The number of nitrogens with zero attached hydrogens (tertiary/aromatic N) is 3. The van der Waals surface area contributed by atoms with Crippen molar-refractivity contribution in [2.45, 2.75) is 42.0 Å². The molecule has 1 aromatic heterocycles. The molecule has 2 heterocycles. The van der Waals surface area contributed by atoms with Gasteiger partial charge in [0.2, 0.25) is 0 Å². The van der Waals surface area contributed by atoms with Gasteiger partial charge in [-0.15, -0.1) is 11.8 Å². The number of halogens is 5. The van der Waals surface area contributed by atoms with Crippen LogP contribution in [-0.2, 0) is 27.8 Å². The molecule has 2 atom stereocenters. The molecule has 1 aliphatic heterocycles. The van der Waals surface area contributed by atoms with E-state index in [2.05, 4.69) is 10.1 Å². The summed E-state index contributed by atoms with van der Waals surface area (Å²) in [5.74, 6) is -1.63. The van der Waals surface area contributed by atoms with Crippen LogP contribution < -0.4 is 0 Å². The van der Waals surface area contributed by atoms with Crippen LogP contribution in [-0.4, -0.2) is 49.9 Å². The van der Waals surface area contributed by atoms with Crippen molar-refractivity contribution in [3.8, 4) is 0 Å². The summed E-state index contributed by atoms with van der Waals surface area (Å²) in [7, 11) is 0. The highest BCUT2D eigenvalue weighted by atomic mass is 32.2. The summed E-state index contributed by atoms with van der Waals surface area (Å²) in [6.07, 6.45) is 0.797. The maximum Gasteiger partial charge on any atom is 0.416 e. The van der Waals surface area contributed by atoms with Gasteiger partial charge in [0.1, 0.15) is 29.9 Å². The van der Waals surface area contributed by atoms with Crippen molar-refractivity contribution >= 4 is 17.8 Å². The number of alkyl halides is 3. The maximum absolute atomic E-state index is 14.7. The van der Waals surface area contributed by atoms with Gasteiger partial charge in [-0.05, 0) is 29.8 Å². The third-order valence-corrected chi connectivity index (χ3v) is 7.37. The largest absolute Gasteiger partial charge is 0.416 e. The van der Waals surface area contributed by atoms with Gasteiger partial charge in [0.15, 0.2) is 6.29 Å². The van der Waals surface area contributed by atoms with E-state index in [0.29, 0.717) is 5.56 Å². The number of hydrogen-bond donors (Lipinski definition) is 1. The molecule has 0 aliphatic carbocycles. The van der Waals surface area contributed by atoms with E-state index in [1.54, 1.807) is 19.1 Å². The van der Waals surface area contributed by atoms with E-state index in [1.165, 1.54) is 47.3 Å². The van der Waals surface area contributed by atoms with Gasteiger partial charge in [-0.2, -0.15) is 18.3 Å². The van der Waals surface area contributed by atoms with E-state index >= 15 is 0 Å². The smallest absolute Gasteiger partial charge is 0.382 e. The van der Waals surface area contributed by atoms with Gasteiger partial charge in [-0.3, -0.25) is 0 Å². The van der Waals surface area contributed by atoms with E-state index in [-0.39, 0.29) is 30.6 Å². The lowest BCUT2D eigenvalue weighted by Crippen LogP contribution is -2.43. The highest BCUT2D eigenvalue weighted by molar-refractivity contribution is 8.00. The molecule has 0 saturated carbocycles.